The summed E-state index contributed by atoms with van der Waals surface area (Å²) < 4.78 is 23.8. The van der Waals surface area contributed by atoms with Gasteiger partial charge in [-0.2, -0.15) is 11.8 Å². The zero-order valence-electron chi connectivity index (χ0n) is 6.02. The van der Waals surface area contributed by atoms with E-state index in [0.717, 1.165) is 18.6 Å². The Balaban J connectivity index is 2.06. The summed E-state index contributed by atoms with van der Waals surface area (Å²) in [6, 6.07) is 0. The highest BCUT2D eigenvalue weighted by atomic mass is 32.2. The number of hydrogen-bond acceptors (Lipinski definition) is 1. The van der Waals surface area contributed by atoms with E-state index in [4.69, 9.17) is 0 Å². The molecule has 0 aromatic carbocycles. The van der Waals surface area contributed by atoms with E-state index in [2.05, 4.69) is 6.92 Å². The lowest BCUT2D eigenvalue weighted by Gasteiger charge is -2.33. The Morgan fingerprint density at radius 3 is 2.50 bits per heavy atom. The molecule has 1 aliphatic rings. The van der Waals surface area contributed by atoms with E-state index < -0.39 is 6.43 Å². The standard InChI is InChI=1S/C7H12F2S/c1-2-10-6-3-5(4-6)7(8)9/h5-7H,2-4H2,1H3. The van der Waals surface area contributed by atoms with E-state index in [0.29, 0.717) is 5.25 Å². The minimum absolute atomic E-state index is 0.288. The summed E-state index contributed by atoms with van der Waals surface area (Å²) in [6.07, 6.45) is -0.611. The molecule has 0 heterocycles. The second-order valence-corrected chi connectivity index (χ2v) is 4.22. The fraction of sp³-hybridized carbons (Fsp3) is 1.00. The van der Waals surface area contributed by atoms with Gasteiger partial charge in [0.2, 0.25) is 6.43 Å². The van der Waals surface area contributed by atoms with Gasteiger partial charge in [0.15, 0.2) is 0 Å². The molecule has 0 atom stereocenters. The SMILES string of the molecule is CCSC1CC(C(F)F)C1. The summed E-state index contributed by atoms with van der Waals surface area (Å²) in [6.45, 7) is 2.07. The van der Waals surface area contributed by atoms with Crippen LogP contribution in [0.4, 0.5) is 8.78 Å². The molecule has 0 N–H and O–H groups in total. The number of thioether (sulfide) groups is 1. The van der Waals surface area contributed by atoms with Crippen LogP contribution in [0.25, 0.3) is 0 Å². The first kappa shape index (κ1) is 8.31. The van der Waals surface area contributed by atoms with Crippen LogP contribution in [0.2, 0.25) is 0 Å². The van der Waals surface area contributed by atoms with Gasteiger partial charge in [0.1, 0.15) is 0 Å². The molecule has 0 saturated heterocycles. The van der Waals surface area contributed by atoms with Crippen LogP contribution in [-0.2, 0) is 0 Å². The van der Waals surface area contributed by atoms with Crippen LogP contribution in [0.15, 0.2) is 0 Å². The molecule has 0 nitrogen and oxygen atoms in total. The topological polar surface area (TPSA) is 0 Å². The molecular weight excluding hydrogens is 154 g/mol. The first-order valence-electron chi connectivity index (χ1n) is 3.63. The molecular formula is C7H12F2S. The zero-order chi connectivity index (χ0) is 7.56. The first-order chi connectivity index (χ1) is 4.74. The Morgan fingerprint density at radius 1 is 1.50 bits per heavy atom. The van der Waals surface area contributed by atoms with Crippen molar-refractivity contribution in [2.75, 3.05) is 5.75 Å². The Morgan fingerprint density at radius 2 is 2.10 bits per heavy atom. The van der Waals surface area contributed by atoms with E-state index in [-0.39, 0.29) is 5.92 Å². The van der Waals surface area contributed by atoms with Crippen LogP contribution in [0.5, 0.6) is 0 Å². The molecule has 3 heteroatoms. The monoisotopic (exact) mass is 166 g/mol. The van der Waals surface area contributed by atoms with Gasteiger partial charge in [0, 0.05) is 11.2 Å². The van der Waals surface area contributed by atoms with E-state index >= 15 is 0 Å². The molecule has 1 saturated carbocycles. The smallest absolute Gasteiger partial charge is 0.210 e. The fourth-order valence-electron chi connectivity index (χ4n) is 1.18. The predicted octanol–water partition coefficient (Wildman–Crippen LogP) is 2.78. The quantitative estimate of drug-likeness (QED) is 0.621. The third kappa shape index (κ3) is 1.84. The Labute approximate surface area is 64.4 Å². The van der Waals surface area contributed by atoms with Crippen LogP contribution < -0.4 is 0 Å². The molecule has 0 aromatic heterocycles. The molecule has 0 unspecified atom stereocenters. The van der Waals surface area contributed by atoms with Gasteiger partial charge >= 0.3 is 0 Å². The first-order valence-corrected chi connectivity index (χ1v) is 4.68. The largest absolute Gasteiger partial charge is 0.241 e. The van der Waals surface area contributed by atoms with E-state index in [1.807, 2.05) is 0 Å². The molecule has 0 spiro atoms. The van der Waals surface area contributed by atoms with E-state index in [9.17, 15) is 8.78 Å². The average Bonchev–Trinajstić information content (AvgIpc) is 1.76. The molecule has 1 aliphatic carbocycles. The Bertz CT molecular complexity index is 99.8. The van der Waals surface area contributed by atoms with Crippen LogP contribution in [0, 0.1) is 5.92 Å². The lowest BCUT2D eigenvalue weighted by molar-refractivity contribution is 0.0378. The van der Waals surface area contributed by atoms with E-state index in [1.165, 1.54) is 0 Å². The second kappa shape index (κ2) is 3.56. The highest BCUT2D eigenvalue weighted by Crippen LogP contribution is 2.39. The summed E-state index contributed by atoms with van der Waals surface area (Å²) in [4.78, 5) is 0. The molecule has 0 bridgehead atoms. The van der Waals surface area contributed by atoms with Crippen molar-refractivity contribution in [2.24, 2.45) is 5.92 Å². The van der Waals surface area contributed by atoms with Gasteiger partial charge in [0.25, 0.3) is 0 Å². The summed E-state index contributed by atoms with van der Waals surface area (Å²) in [5, 5.41) is 0.531. The van der Waals surface area contributed by atoms with Crippen molar-refractivity contribution in [3.63, 3.8) is 0 Å². The van der Waals surface area contributed by atoms with Crippen molar-refractivity contribution in [3.05, 3.63) is 0 Å². The molecule has 60 valence electrons. The minimum Gasteiger partial charge on any atom is -0.210 e. The van der Waals surface area contributed by atoms with Gasteiger partial charge in [-0.15, -0.1) is 0 Å². The van der Waals surface area contributed by atoms with Crippen LogP contribution >= 0.6 is 11.8 Å². The lowest BCUT2D eigenvalue weighted by atomic mass is 9.85. The van der Waals surface area contributed by atoms with Gasteiger partial charge in [0.05, 0.1) is 0 Å². The normalized spacial score (nSPS) is 32.4. The second-order valence-electron chi connectivity index (χ2n) is 2.64. The van der Waals surface area contributed by atoms with Crippen molar-refractivity contribution in [3.8, 4) is 0 Å². The van der Waals surface area contributed by atoms with Crippen LogP contribution in [0.1, 0.15) is 19.8 Å². The van der Waals surface area contributed by atoms with Gasteiger partial charge < -0.3 is 0 Å². The maximum atomic E-state index is 11.9. The Kier molecular flexibility index (Phi) is 2.96. The van der Waals surface area contributed by atoms with Gasteiger partial charge in [-0.05, 0) is 18.6 Å². The summed E-state index contributed by atoms with van der Waals surface area (Å²) in [7, 11) is 0. The molecule has 1 rings (SSSR count). The average molecular weight is 166 g/mol. The third-order valence-corrected chi connectivity index (χ3v) is 3.08. The predicted molar refractivity (Wildman–Crippen MR) is 40.6 cm³/mol. The highest BCUT2D eigenvalue weighted by molar-refractivity contribution is 7.99. The highest BCUT2D eigenvalue weighted by Gasteiger charge is 2.35. The lowest BCUT2D eigenvalue weighted by Crippen LogP contribution is -2.31. The number of rotatable bonds is 3. The summed E-state index contributed by atoms with van der Waals surface area (Å²) >= 11 is 1.81. The van der Waals surface area contributed by atoms with Gasteiger partial charge in [-0.25, -0.2) is 8.78 Å². The number of halogens is 2. The molecule has 0 amide bonds. The van der Waals surface area contributed by atoms with Crippen molar-refractivity contribution in [1.29, 1.82) is 0 Å². The number of alkyl halides is 2. The molecule has 0 aliphatic heterocycles. The molecule has 0 radical (unpaired) electrons. The molecule has 0 aromatic rings. The third-order valence-electron chi connectivity index (χ3n) is 1.89. The fourth-order valence-corrected chi connectivity index (χ4v) is 2.42. The summed E-state index contributed by atoms with van der Waals surface area (Å²) in [5.74, 6) is 0.768. The molecule has 10 heavy (non-hydrogen) atoms. The Hall–Kier alpha value is 0.210. The zero-order valence-corrected chi connectivity index (χ0v) is 6.83. The van der Waals surface area contributed by atoms with Crippen LogP contribution in [-0.4, -0.2) is 17.4 Å². The van der Waals surface area contributed by atoms with E-state index in [1.54, 1.807) is 11.8 Å². The maximum absolute atomic E-state index is 11.9. The van der Waals surface area contributed by atoms with Crippen molar-refractivity contribution >= 4 is 11.8 Å². The summed E-state index contributed by atoms with van der Waals surface area (Å²) in [5.41, 5.74) is 0. The van der Waals surface area contributed by atoms with Crippen LogP contribution in [0.3, 0.4) is 0 Å². The van der Waals surface area contributed by atoms with Crippen molar-refractivity contribution < 1.29 is 8.78 Å². The minimum atomic E-state index is -2.08. The van der Waals surface area contributed by atoms with Gasteiger partial charge in [-0.1, -0.05) is 6.92 Å². The maximum Gasteiger partial charge on any atom is 0.241 e. The van der Waals surface area contributed by atoms with Gasteiger partial charge in [-0.3, -0.25) is 0 Å². The molecule has 1 fully saturated rings. The van der Waals surface area contributed by atoms with Crippen molar-refractivity contribution in [2.45, 2.75) is 31.4 Å². The number of hydrogen-bond donors (Lipinski definition) is 0. The van der Waals surface area contributed by atoms with Crippen molar-refractivity contribution in [1.82, 2.24) is 0 Å².